The van der Waals surface area contributed by atoms with Crippen molar-refractivity contribution in [2.75, 3.05) is 25.4 Å². The third kappa shape index (κ3) is 5.94. The number of hydrogen-bond acceptors (Lipinski definition) is 5. The number of methoxy groups -OCH3 is 1. The molecule has 4 rings (SSSR count). The topological polar surface area (TPSA) is 77.1 Å². The number of carbonyl (C=O) groups excluding carboxylic acids is 2. The maximum absolute atomic E-state index is 12.7. The number of amides is 2. The largest absolute Gasteiger partial charge is 0.454 e. The summed E-state index contributed by atoms with van der Waals surface area (Å²) in [4.78, 5) is 26.9. The molecule has 1 heterocycles. The van der Waals surface area contributed by atoms with Crippen LogP contribution in [-0.4, -0.2) is 32.3 Å². The maximum atomic E-state index is 12.7. The van der Waals surface area contributed by atoms with Crippen molar-refractivity contribution in [2.24, 2.45) is 0 Å². The molecule has 0 saturated carbocycles. The number of rotatable bonds is 9. The number of benzene rings is 3. The van der Waals surface area contributed by atoms with Crippen molar-refractivity contribution < 1.29 is 23.8 Å². The van der Waals surface area contributed by atoms with Crippen LogP contribution in [0.4, 0.5) is 5.69 Å². The summed E-state index contributed by atoms with van der Waals surface area (Å²) >= 11 is 0. The summed E-state index contributed by atoms with van der Waals surface area (Å²) in [7, 11) is 1.51. The lowest BCUT2D eigenvalue weighted by molar-refractivity contribution is -0.122. The molecule has 3 aromatic carbocycles. The zero-order valence-corrected chi connectivity index (χ0v) is 19.4. The number of ether oxygens (including phenoxy) is 3. The van der Waals surface area contributed by atoms with Crippen molar-refractivity contribution in [3.05, 3.63) is 89.0 Å². The van der Waals surface area contributed by atoms with E-state index in [0.29, 0.717) is 18.8 Å². The quantitative estimate of drug-likeness (QED) is 0.526. The summed E-state index contributed by atoms with van der Waals surface area (Å²) in [5.74, 6) is 1.20. The van der Waals surface area contributed by atoms with Crippen LogP contribution in [-0.2, 0) is 33.8 Å². The summed E-state index contributed by atoms with van der Waals surface area (Å²) in [5.41, 5.74) is 4.74. The van der Waals surface area contributed by atoms with Gasteiger partial charge < -0.3 is 24.4 Å². The maximum Gasteiger partial charge on any atom is 0.253 e. The molecule has 0 atom stereocenters. The van der Waals surface area contributed by atoms with Crippen LogP contribution in [0.2, 0.25) is 0 Å². The van der Waals surface area contributed by atoms with Gasteiger partial charge in [-0.05, 0) is 47.9 Å². The van der Waals surface area contributed by atoms with Crippen LogP contribution in [0.3, 0.4) is 0 Å². The number of nitrogens with one attached hydrogen (secondary N) is 1. The van der Waals surface area contributed by atoms with Gasteiger partial charge in [0.25, 0.3) is 5.91 Å². The van der Waals surface area contributed by atoms with E-state index in [4.69, 9.17) is 14.2 Å². The minimum atomic E-state index is -0.127. The lowest BCUT2D eigenvalue weighted by Gasteiger charge is -2.23. The predicted octanol–water partition coefficient (Wildman–Crippen LogP) is 3.76. The Morgan fingerprint density at radius 2 is 1.71 bits per heavy atom. The van der Waals surface area contributed by atoms with Gasteiger partial charge in [0.2, 0.25) is 12.7 Å². The second-order valence-electron chi connectivity index (χ2n) is 8.21. The minimum Gasteiger partial charge on any atom is -0.454 e. The molecule has 2 amide bonds. The SMILES string of the molecule is COCC(=O)N(Cc1cccc(C)c1)c1ccc(CC(=O)NCc2ccc3c(c2)OCO3)cc1. The molecule has 0 unspecified atom stereocenters. The van der Waals surface area contributed by atoms with E-state index in [-0.39, 0.29) is 31.6 Å². The fourth-order valence-corrected chi connectivity index (χ4v) is 3.81. The van der Waals surface area contributed by atoms with Crippen molar-refractivity contribution >= 4 is 17.5 Å². The predicted molar refractivity (Wildman–Crippen MR) is 129 cm³/mol. The third-order valence-corrected chi connectivity index (χ3v) is 5.53. The molecule has 0 saturated heterocycles. The summed E-state index contributed by atoms with van der Waals surface area (Å²) in [6.45, 7) is 3.09. The summed E-state index contributed by atoms with van der Waals surface area (Å²) in [6, 6.07) is 21.2. The van der Waals surface area contributed by atoms with Gasteiger partial charge in [-0.2, -0.15) is 0 Å². The van der Waals surface area contributed by atoms with Gasteiger partial charge in [0.05, 0.1) is 13.0 Å². The first kappa shape index (κ1) is 23.3. The van der Waals surface area contributed by atoms with Gasteiger partial charge in [-0.3, -0.25) is 9.59 Å². The monoisotopic (exact) mass is 460 g/mol. The van der Waals surface area contributed by atoms with Crippen LogP contribution in [0, 0.1) is 6.92 Å². The minimum absolute atomic E-state index is 0.00414. The second kappa shape index (κ2) is 10.9. The molecular formula is C27H28N2O5. The van der Waals surface area contributed by atoms with E-state index in [1.165, 1.54) is 7.11 Å². The van der Waals surface area contributed by atoms with E-state index in [9.17, 15) is 9.59 Å². The highest BCUT2D eigenvalue weighted by atomic mass is 16.7. The van der Waals surface area contributed by atoms with E-state index in [1.807, 2.05) is 67.6 Å². The molecule has 7 nitrogen and oxygen atoms in total. The summed E-state index contributed by atoms with van der Waals surface area (Å²) < 4.78 is 15.8. The first-order valence-corrected chi connectivity index (χ1v) is 11.1. The van der Waals surface area contributed by atoms with Crippen molar-refractivity contribution in [1.82, 2.24) is 5.32 Å². The fourth-order valence-electron chi connectivity index (χ4n) is 3.81. The fraction of sp³-hybridized carbons (Fsp3) is 0.259. The van der Waals surface area contributed by atoms with E-state index in [1.54, 1.807) is 4.90 Å². The van der Waals surface area contributed by atoms with E-state index in [2.05, 4.69) is 11.4 Å². The molecule has 7 heteroatoms. The Bertz CT molecular complexity index is 1160. The molecular weight excluding hydrogens is 432 g/mol. The van der Waals surface area contributed by atoms with Crippen LogP contribution in [0.15, 0.2) is 66.7 Å². The highest BCUT2D eigenvalue weighted by molar-refractivity contribution is 5.94. The zero-order valence-electron chi connectivity index (χ0n) is 19.4. The first-order chi connectivity index (χ1) is 16.5. The number of nitrogens with zero attached hydrogens (tertiary/aromatic N) is 1. The van der Waals surface area contributed by atoms with Crippen LogP contribution < -0.4 is 19.7 Å². The smallest absolute Gasteiger partial charge is 0.253 e. The lowest BCUT2D eigenvalue weighted by atomic mass is 10.1. The highest BCUT2D eigenvalue weighted by Gasteiger charge is 2.17. The number of hydrogen-bond donors (Lipinski definition) is 1. The van der Waals surface area contributed by atoms with Crippen LogP contribution >= 0.6 is 0 Å². The van der Waals surface area contributed by atoms with Crippen molar-refractivity contribution in [3.8, 4) is 11.5 Å². The normalized spacial score (nSPS) is 11.8. The van der Waals surface area contributed by atoms with Crippen molar-refractivity contribution in [1.29, 1.82) is 0 Å². The van der Waals surface area contributed by atoms with Gasteiger partial charge in [0, 0.05) is 19.3 Å². The molecule has 0 spiro atoms. The molecule has 1 aliphatic rings. The van der Waals surface area contributed by atoms with E-state index < -0.39 is 0 Å². The van der Waals surface area contributed by atoms with Crippen LogP contribution in [0.1, 0.15) is 22.3 Å². The Morgan fingerprint density at radius 1 is 0.941 bits per heavy atom. The number of carbonyl (C=O) groups is 2. The molecule has 0 fully saturated rings. The van der Waals surface area contributed by atoms with Gasteiger partial charge in [-0.25, -0.2) is 0 Å². The van der Waals surface area contributed by atoms with Crippen molar-refractivity contribution in [3.63, 3.8) is 0 Å². The van der Waals surface area contributed by atoms with Gasteiger partial charge in [0.1, 0.15) is 6.61 Å². The van der Waals surface area contributed by atoms with Gasteiger partial charge >= 0.3 is 0 Å². The average Bonchev–Trinajstić information content (AvgIpc) is 3.30. The van der Waals surface area contributed by atoms with Crippen LogP contribution in [0.5, 0.6) is 11.5 Å². The molecule has 34 heavy (non-hydrogen) atoms. The Labute approximate surface area is 199 Å². The molecule has 0 aromatic heterocycles. The van der Waals surface area contributed by atoms with E-state index >= 15 is 0 Å². The number of aryl methyl sites for hydroxylation is 1. The van der Waals surface area contributed by atoms with Crippen molar-refractivity contribution in [2.45, 2.75) is 26.4 Å². The highest BCUT2D eigenvalue weighted by Crippen LogP contribution is 2.32. The Hall–Kier alpha value is -3.84. The Kier molecular flexibility index (Phi) is 7.44. The first-order valence-electron chi connectivity index (χ1n) is 11.1. The zero-order chi connectivity index (χ0) is 23.9. The van der Waals surface area contributed by atoms with Crippen LogP contribution in [0.25, 0.3) is 0 Å². The molecule has 0 bridgehead atoms. The van der Waals surface area contributed by atoms with Gasteiger partial charge in [-0.15, -0.1) is 0 Å². The van der Waals surface area contributed by atoms with E-state index in [0.717, 1.165) is 33.7 Å². The molecule has 1 N–H and O–H groups in total. The number of anilines is 1. The molecule has 3 aromatic rings. The lowest BCUT2D eigenvalue weighted by Crippen LogP contribution is -2.33. The van der Waals surface area contributed by atoms with Gasteiger partial charge in [0.15, 0.2) is 11.5 Å². The second-order valence-corrected chi connectivity index (χ2v) is 8.21. The third-order valence-electron chi connectivity index (χ3n) is 5.53. The summed E-state index contributed by atoms with van der Waals surface area (Å²) in [5, 5.41) is 2.93. The molecule has 1 aliphatic heterocycles. The van der Waals surface area contributed by atoms with Gasteiger partial charge in [-0.1, -0.05) is 48.0 Å². The molecule has 176 valence electrons. The average molecular weight is 461 g/mol. The number of fused-ring (bicyclic) bond motifs is 1. The Balaban J connectivity index is 1.37. The summed E-state index contributed by atoms with van der Waals surface area (Å²) in [6.07, 6.45) is 0.245. The molecule has 0 aliphatic carbocycles. The standard InChI is InChI=1S/C27H28N2O5/c1-19-4-3-5-22(12-19)16-29(27(31)17-32-2)23-9-6-20(7-10-23)14-26(30)28-15-21-8-11-24-25(13-21)34-18-33-24/h3-13H,14-18H2,1-2H3,(H,28,30). The Morgan fingerprint density at radius 3 is 2.47 bits per heavy atom. The molecule has 0 radical (unpaired) electrons.